The zero-order chi connectivity index (χ0) is 19.8. The maximum Gasteiger partial charge on any atom is 0.262 e. The number of fused-ring (bicyclic) bond motifs is 1. The molecule has 28 heavy (non-hydrogen) atoms. The Kier molecular flexibility index (Phi) is 4.52. The van der Waals surface area contributed by atoms with Gasteiger partial charge >= 0.3 is 0 Å². The summed E-state index contributed by atoms with van der Waals surface area (Å²) < 4.78 is 0. The fraction of sp³-hybridized carbons (Fsp3) is 0.238. The van der Waals surface area contributed by atoms with Crippen molar-refractivity contribution in [2.75, 3.05) is 6.54 Å². The number of carbonyl (C=O) groups is 4. The van der Waals surface area contributed by atoms with Gasteiger partial charge in [0.2, 0.25) is 11.8 Å². The van der Waals surface area contributed by atoms with E-state index in [1.54, 1.807) is 18.2 Å². The van der Waals surface area contributed by atoms with Gasteiger partial charge in [0, 0.05) is 6.42 Å². The summed E-state index contributed by atoms with van der Waals surface area (Å²) in [7, 11) is 0. The maximum atomic E-state index is 13.2. The van der Waals surface area contributed by atoms with E-state index in [4.69, 9.17) is 5.73 Å². The van der Waals surface area contributed by atoms with Crippen molar-refractivity contribution in [2.24, 2.45) is 5.73 Å². The van der Waals surface area contributed by atoms with Gasteiger partial charge in [-0.2, -0.15) is 0 Å². The van der Waals surface area contributed by atoms with Crippen LogP contribution in [0.1, 0.15) is 39.1 Å². The number of carbonyl (C=O) groups excluding carboxylic acids is 4. The highest BCUT2D eigenvalue weighted by Crippen LogP contribution is 2.36. The van der Waals surface area contributed by atoms with Crippen molar-refractivity contribution in [3.8, 4) is 11.1 Å². The van der Waals surface area contributed by atoms with Crippen molar-refractivity contribution in [2.45, 2.75) is 25.3 Å². The van der Waals surface area contributed by atoms with Crippen LogP contribution < -0.4 is 11.1 Å². The maximum absolute atomic E-state index is 13.2. The second-order valence-corrected chi connectivity index (χ2v) is 6.87. The minimum Gasteiger partial charge on any atom is -0.330 e. The Balaban J connectivity index is 1.79. The molecule has 0 aliphatic carbocycles. The Morgan fingerprint density at radius 3 is 2.39 bits per heavy atom. The first-order valence-electron chi connectivity index (χ1n) is 9.16. The summed E-state index contributed by atoms with van der Waals surface area (Å²) in [5.74, 6) is -2.02. The van der Waals surface area contributed by atoms with Gasteiger partial charge in [0.1, 0.15) is 6.04 Å². The first-order valence-corrected chi connectivity index (χ1v) is 9.16. The highest BCUT2D eigenvalue weighted by atomic mass is 16.2. The highest BCUT2D eigenvalue weighted by molar-refractivity contribution is 6.25. The molecule has 4 amide bonds. The predicted octanol–water partition coefficient (Wildman–Crippen LogP) is 1.26. The lowest BCUT2D eigenvalue weighted by Gasteiger charge is -2.27. The molecule has 2 aromatic rings. The van der Waals surface area contributed by atoms with Gasteiger partial charge in [-0.15, -0.1) is 0 Å². The lowest BCUT2D eigenvalue weighted by Crippen LogP contribution is -2.54. The van der Waals surface area contributed by atoms with Gasteiger partial charge < -0.3 is 5.73 Å². The van der Waals surface area contributed by atoms with Gasteiger partial charge in [-0.1, -0.05) is 36.4 Å². The van der Waals surface area contributed by atoms with E-state index in [1.165, 1.54) is 0 Å². The molecule has 7 nitrogen and oxygen atoms in total. The van der Waals surface area contributed by atoms with Crippen LogP contribution in [-0.2, 0) is 16.0 Å². The number of amides is 4. The van der Waals surface area contributed by atoms with E-state index >= 15 is 0 Å². The zero-order valence-corrected chi connectivity index (χ0v) is 15.1. The topological polar surface area (TPSA) is 110 Å². The van der Waals surface area contributed by atoms with E-state index in [2.05, 4.69) is 5.32 Å². The number of imide groups is 2. The molecular formula is C21H19N3O4. The first kappa shape index (κ1) is 18.1. The molecule has 2 aliphatic rings. The van der Waals surface area contributed by atoms with E-state index in [0.717, 1.165) is 16.0 Å². The zero-order valence-electron chi connectivity index (χ0n) is 15.1. The molecule has 0 radical (unpaired) electrons. The predicted molar refractivity (Wildman–Crippen MR) is 101 cm³/mol. The Hall–Kier alpha value is -3.32. The van der Waals surface area contributed by atoms with E-state index in [-0.39, 0.29) is 18.4 Å². The Bertz CT molecular complexity index is 1010. The molecule has 0 bridgehead atoms. The molecule has 1 unspecified atom stereocenters. The van der Waals surface area contributed by atoms with Crippen LogP contribution in [0.5, 0.6) is 0 Å². The molecule has 142 valence electrons. The van der Waals surface area contributed by atoms with Crippen molar-refractivity contribution in [3.63, 3.8) is 0 Å². The van der Waals surface area contributed by atoms with Crippen molar-refractivity contribution in [1.82, 2.24) is 10.2 Å². The number of piperidine rings is 1. The normalized spacial score (nSPS) is 19.0. The molecule has 3 N–H and O–H groups in total. The highest BCUT2D eigenvalue weighted by Gasteiger charge is 2.45. The van der Waals surface area contributed by atoms with Crippen molar-refractivity contribution in [1.29, 1.82) is 0 Å². The molecule has 7 heteroatoms. The lowest BCUT2D eigenvalue weighted by atomic mass is 9.92. The summed E-state index contributed by atoms with van der Waals surface area (Å²) in [6.07, 6.45) is 0.865. The van der Waals surface area contributed by atoms with Crippen LogP contribution in [0, 0.1) is 0 Å². The molecule has 0 spiro atoms. The monoisotopic (exact) mass is 377 g/mol. The van der Waals surface area contributed by atoms with Crippen LogP contribution in [0.25, 0.3) is 11.1 Å². The first-order chi connectivity index (χ1) is 13.5. The molecule has 2 aliphatic heterocycles. The molecule has 2 aromatic carbocycles. The van der Waals surface area contributed by atoms with Crippen LogP contribution in [0.3, 0.4) is 0 Å². The van der Waals surface area contributed by atoms with E-state index in [0.29, 0.717) is 24.1 Å². The van der Waals surface area contributed by atoms with Gasteiger partial charge in [-0.25, -0.2) is 0 Å². The largest absolute Gasteiger partial charge is 0.330 e. The smallest absolute Gasteiger partial charge is 0.262 e. The lowest BCUT2D eigenvalue weighted by molar-refractivity contribution is -0.136. The van der Waals surface area contributed by atoms with Crippen LogP contribution in [0.4, 0.5) is 0 Å². The van der Waals surface area contributed by atoms with Crippen molar-refractivity contribution >= 4 is 23.6 Å². The van der Waals surface area contributed by atoms with Crippen LogP contribution in [-0.4, -0.2) is 41.1 Å². The number of benzene rings is 2. The average molecular weight is 377 g/mol. The minimum absolute atomic E-state index is 0.0933. The quantitative estimate of drug-likeness (QED) is 0.780. The summed E-state index contributed by atoms with van der Waals surface area (Å²) in [6.45, 7) is 0.460. The third-order valence-electron chi connectivity index (χ3n) is 5.19. The number of nitrogens with zero attached hydrogens (tertiary/aromatic N) is 1. The molecule has 1 saturated heterocycles. The van der Waals surface area contributed by atoms with Crippen molar-refractivity contribution in [3.05, 3.63) is 59.2 Å². The van der Waals surface area contributed by atoms with Gasteiger partial charge in [-0.05, 0) is 42.1 Å². The van der Waals surface area contributed by atoms with Gasteiger partial charge in [0.25, 0.3) is 11.8 Å². The average Bonchev–Trinajstić information content (AvgIpc) is 2.94. The van der Waals surface area contributed by atoms with E-state index in [1.807, 2.05) is 24.3 Å². The Morgan fingerprint density at radius 2 is 1.64 bits per heavy atom. The molecular weight excluding hydrogens is 358 g/mol. The fourth-order valence-electron chi connectivity index (χ4n) is 3.90. The summed E-state index contributed by atoms with van der Waals surface area (Å²) in [6, 6.07) is 11.8. The van der Waals surface area contributed by atoms with Crippen LogP contribution in [0.2, 0.25) is 0 Å². The van der Waals surface area contributed by atoms with Gasteiger partial charge in [0.15, 0.2) is 0 Å². The summed E-state index contributed by atoms with van der Waals surface area (Å²) >= 11 is 0. The molecule has 0 saturated carbocycles. The summed E-state index contributed by atoms with van der Waals surface area (Å²) in [5.41, 5.74) is 8.76. The van der Waals surface area contributed by atoms with Crippen LogP contribution in [0.15, 0.2) is 42.5 Å². The number of rotatable bonds is 4. The van der Waals surface area contributed by atoms with Crippen LogP contribution >= 0.6 is 0 Å². The van der Waals surface area contributed by atoms with Gasteiger partial charge in [-0.3, -0.25) is 29.4 Å². The number of hydrogen-bond donors (Lipinski definition) is 2. The Labute approximate surface area is 161 Å². The fourth-order valence-corrected chi connectivity index (χ4v) is 3.90. The molecule has 0 aromatic heterocycles. The van der Waals surface area contributed by atoms with Crippen molar-refractivity contribution < 1.29 is 19.2 Å². The van der Waals surface area contributed by atoms with Gasteiger partial charge in [0.05, 0.1) is 11.1 Å². The SMILES string of the molecule is NCCc1ccccc1-c1cccc2c1C(=O)N(C1CCC(=O)NC1=O)C2=O. The second-order valence-electron chi connectivity index (χ2n) is 6.87. The number of nitrogens with one attached hydrogen (secondary N) is 1. The molecule has 1 atom stereocenters. The molecule has 2 heterocycles. The molecule has 1 fully saturated rings. The molecule has 4 rings (SSSR count). The number of hydrogen-bond acceptors (Lipinski definition) is 5. The van der Waals surface area contributed by atoms with E-state index < -0.39 is 29.7 Å². The summed E-state index contributed by atoms with van der Waals surface area (Å²) in [4.78, 5) is 50.8. The third-order valence-corrected chi connectivity index (χ3v) is 5.19. The minimum atomic E-state index is -0.975. The Morgan fingerprint density at radius 1 is 0.929 bits per heavy atom. The number of nitrogens with two attached hydrogens (primary N) is 1. The van der Waals surface area contributed by atoms with E-state index in [9.17, 15) is 19.2 Å². The third kappa shape index (κ3) is 2.80. The second kappa shape index (κ2) is 7.01. The summed E-state index contributed by atoms with van der Waals surface area (Å²) in [5, 5.41) is 2.21. The standard InChI is InChI=1S/C21H19N3O4/c22-11-10-12-4-1-2-5-13(12)14-6-3-7-15-18(14)21(28)24(20(15)27)16-8-9-17(25)23-19(16)26/h1-7,16H,8-11,22H2,(H,23,25,26).